The SMILES string of the molecule is CC(C)OC(=O)[C@H](C)N(Oc1ccc([N+](=O)[O-])cc1)[PH](=O)Oc1ccccc1. The van der Waals surface area contributed by atoms with Crippen molar-refractivity contribution in [2.24, 2.45) is 0 Å². The molecule has 28 heavy (non-hydrogen) atoms. The van der Waals surface area contributed by atoms with Gasteiger partial charge in [-0.15, -0.1) is 0 Å². The van der Waals surface area contributed by atoms with Crippen molar-refractivity contribution in [2.45, 2.75) is 32.9 Å². The van der Waals surface area contributed by atoms with Gasteiger partial charge in [0.1, 0.15) is 11.5 Å². The second kappa shape index (κ2) is 9.87. The maximum atomic E-state index is 12.8. The lowest BCUT2D eigenvalue weighted by atomic mass is 10.3. The summed E-state index contributed by atoms with van der Waals surface area (Å²) in [5.74, 6) is -0.148. The highest BCUT2D eigenvalue weighted by Crippen LogP contribution is 2.35. The fraction of sp³-hybridized carbons (Fsp3) is 0.278. The van der Waals surface area contributed by atoms with Gasteiger partial charge in [0.25, 0.3) is 5.69 Å². The zero-order valence-corrected chi connectivity index (χ0v) is 16.6. The van der Waals surface area contributed by atoms with E-state index in [-0.39, 0.29) is 17.5 Å². The number of hydrogen-bond acceptors (Lipinski definition) is 7. The standard InChI is InChI=1S/C18H21N2O7P/c1-13(2)25-18(21)14(3)20(28(24)27-17-7-5-4-6-8-17)26-16-11-9-15(10-12-16)19(22)23/h4-14,28H,1-3H3/t14-/m0/s1. The van der Waals surface area contributed by atoms with Crippen LogP contribution in [0.4, 0.5) is 5.69 Å². The first kappa shape index (κ1) is 21.4. The van der Waals surface area contributed by atoms with Crippen LogP contribution in [0.25, 0.3) is 0 Å². The molecular weight excluding hydrogens is 387 g/mol. The summed E-state index contributed by atoms with van der Waals surface area (Å²) >= 11 is 0. The van der Waals surface area contributed by atoms with Crippen LogP contribution in [0.15, 0.2) is 54.6 Å². The lowest BCUT2D eigenvalue weighted by Gasteiger charge is -2.26. The molecule has 10 heteroatoms. The monoisotopic (exact) mass is 408 g/mol. The van der Waals surface area contributed by atoms with E-state index < -0.39 is 25.1 Å². The Morgan fingerprint density at radius 3 is 2.18 bits per heavy atom. The summed E-state index contributed by atoms with van der Waals surface area (Å²) in [5, 5.41) is 10.8. The lowest BCUT2D eigenvalue weighted by molar-refractivity contribution is -0.384. The molecule has 2 aromatic rings. The average Bonchev–Trinajstić information content (AvgIpc) is 2.66. The molecule has 0 saturated carbocycles. The van der Waals surface area contributed by atoms with Crippen molar-refractivity contribution in [3.63, 3.8) is 0 Å². The van der Waals surface area contributed by atoms with Gasteiger partial charge >= 0.3 is 14.1 Å². The van der Waals surface area contributed by atoms with Crippen LogP contribution >= 0.6 is 8.18 Å². The molecule has 0 fully saturated rings. The highest BCUT2D eigenvalue weighted by Gasteiger charge is 2.31. The predicted octanol–water partition coefficient (Wildman–Crippen LogP) is 4.00. The zero-order valence-electron chi connectivity index (χ0n) is 15.6. The maximum Gasteiger partial charge on any atom is 0.340 e. The summed E-state index contributed by atoms with van der Waals surface area (Å²) in [4.78, 5) is 29.0. The first-order valence-electron chi connectivity index (χ1n) is 8.47. The minimum atomic E-state index is -3.06. The molecule has 0 aromatic heterocycles. The fourth-order valence-corrected chi connectivity index (χ4v) is 3.11. The van der Waals surface area contributed by atoms with Gasteiger partial charge in [-0.3, -0.25) is 19.5 Å². The normalized spacial score (nSPS) is 13.0. The number of hydrogen-bond donors (Lipinski definition) is 0. The maximum absolute atomic E-state index is 12.8. The number of carbonyl (C=O) groups excluding carboxylic acids is 1. The number of nitro groups is 1. The molecule has 2 rings (SSSR count). The van der Waals surface area contributed by atoms with Gasteiger partial charge in [0.05, 0.1) is 11.0 Å². The fourth-order valence-electron chi connectivity index (χ4n) is 2.08. The van der Waals surface area contributed by atoms with E-state index in [1.807, 2.05) is 0 Å². The first-order chi connectivity index (χ1) is 13.3. The van der Waals surface area contributed by atoms with Gasteiger partial charge in [-0.25, -0.2) is 0 Å². The lowest BCUT2D eigenvalue weighted by Crippen LogP contribution is -2.39. The van der Waals surface area contributed by atoms with E-state index in [9.17, 15) is 19.5 Å². The van der Waals surface area contributed by atoms with Gasteiger partial charge in [-0.2, -0.15) is 0 Å². The summed E-state index contributed by atoms with van der Waals surface area (Å²) < 4.78 is 23.3. The van der Waals surface area contributed by atoms with E-state index in [0.29, 0.717) is 5.75 Å². The van der Waals surface area contributed by atoms with Crippen molar-refractivity contribution in [3.05, 3.63) is 64.7 Å². The molecule has 2 atom stereocenters. The second-order valence-corrected chi connectivity index (χ2v) is 7.19. The van der Waals surface area contributed by atoms with Gasteiger partial charge in [-0.05, 0) is 49.9 Å². The third kappa shape index (κ3) is 6.07. The molecule has 1 unspecified atom stereocenters. The predicted molar refractivity (Wildman–Crippen MR) is 102 cm³/mol. The summed E-state index contributed by atoms with van der Waals surface area (Å²) in [5.41, 5.74) is -0.126. The van der Waals surface area contributed by atoms with Gasteiger partial charge < -0.3 is 14.1 Å². The van der Waals surface area contributed by atoms with Crippen molar-refractivity contribution in [1.29, 1.82) is 0 Å². The molecule has 0 N–H and O–H groups in total. The molecule has 0 aliphatic rings. The number of benzene rings is 2. The summed E-state index contributed by atoms with van der Waals surface area (Å²) in [7, 11) is -3.06. The number of hydroxylamine groups is 1. The summed E-state index contributed by atoms with van der Waals surface area (Å²) in [6.45, 7) is 4.85. The largest absolute Gasteiger partial charge is 0.462 e. The van der Waals surface area contributed by atoms with E-state index in [2.05, 4.69) is 0 Å². The topological polar surface area (TPSA) is 108 Å². The van der Waals surface area contributed by atoms with Gasteiger partial charge in [0, 0.05) is 12.1 Å². The Kier molecular flexibility index (Phi) is 7.54. The Labute approximate surface area is 162 Å². The Bertz CT molecular complexity index is 828. The average molecular weight is 408 g/mol. The molecule has 0 saturated heterocycles. The molecule has 9 nitrogen and oxygen atoms in total. The highest BCUT2D eigenvalue weighted by atomic mass is 31.1. The van der Waals surface area contributed by atoms with E-state index >= 15 is 0 Å². The van der Waals surface area contributed by atoms with Crippen molar-refractivity contribution in [2.75, 3.05) is 0 Å². The molecule has 0 bridgehead atoms. The third-order valence-electron chi connectivity index (χ3n) is 3.42. The van der Waals surface area contributed by atoms with Gasteiger partial charge in [0.2, 0.25) is 0 Å². The van der Waals surface area contributed by atoms with Crippen LogP contribution in [0.2, 0.25) is 0 Å². The molecule has 0 heterocycles. The van der Waals surface area contributed by atoms with Crippen molar-refractivity contribution < 1.29 is 28.4 Å². The van der Waals surface area contributed by atoms with E-state index in [4.69, 9.17) is 14.1 Å². The molecule has 0 radical (unpaired) electrons. The number of rotatable bonds is 9. The molecule has 150 valence electrons. The zero-order chi connectivity index (χ0) is 20.7. The molecule has 0 aliphatic carbocycles. The number of nitro benzene ring substituents is 1. The molecular formula is C18H21N2O7P. The number of nitrogens with zero attached hydrogens (tertiary/aromatic N) is 2. The molecule has 0 amide bonds. The van der Waals surface area contributed by atoms with E-state index in [1.54, 1.807) is 44.2 Å². The summed E-state index contributed by atoms with van der Waals surface area (Å²) in [6, 6.07) is 12.5. The number of esters is 1. The van der Waals surface area contributed by atoms with Crippen molar-refractivity contribution >= 4 is 19.8 Å². The number of non-ortho nitro benzene ring substituents is 1. The first-order valence-corrected chi connectivity index (χ1v) is 9.73. The Morgan fingerprint density at radius 1 is 1.04 bits per heavy atom. The smallest absolute Gasteiger partial charge is 0.340 e. The number of ether oxygens (including phenoxy) is 1. The van der Waals surface area contributed by atoms with Gasteiger partial charge in [-0.1, -0.05) is 18.2 Å². The van der Waals surface area contributed by atoms with Crippen LogP contribution in [0, 0.1) is 10.1 Å². The van der Waals surface area contributed by atoms with Crippen LogP contribution in [0.1, 0.15) is 20.8 Å². The third-order valence-corrected chi connectivity index (χ3v) is 4.67. The molecule has 2 aromatic carbocycles. The quantitative estimate of drug-likeness (QED) is 0.265. The minimum absolute atomic E-state index is 0.126. The van der Waals surface area contributed by atoms with E-state index in [0.717, 1.165) is 4.83 Å². The van der Waals surface area contributed by atoms with Crippen LogP contribution in [0.5, 0.6) is 11.5 Å². The highest BCUT2D eigenvalue weighted by molar-refractivity contribution is 7.36. The minimum Gasteiger partial charge on any atom is -0.462 e. The van der Waals surface area contributed by atoms with Crippen LogP contribution in [-0.4, -0.2) is 27.9 Å². The Hall–Kier alpha value is -2.90. The van der Waals surface area contributed by atoms with Crippen LogP contribution < -0.4 is 9.36 Å². The summed E-state index contributed by atoms with van der Waals surface area (Å²) in [6.07, 6.45) is -0.367. The number of para-hydroxylation sites is 1. The number of carbonyl (C=O) groups is 1. The van der Waals surface area contributed by atoms with Crippen LogP contribution in [-0.2, 0) is 14.1 Å². The Morgan fingerprint density at radius 2 is 1.64 bits per heavy atom. The van der Waals surface area contributed by atoms with Crippen molar-refractivity contribution in [1.82, 2.24) is 4.83 Å². The van der Waals surface area contributed by atoms with Gasteiger partial charge in [0.15, 0.2) is 6.04 Å². The van der Waals surface area contributed by atoms with E-state index in [1.165, 1.54) is 31.2 Å². The van der Waals surface area contributed by atoms with Crippen LogP contribution in [0.3, 0.4) is 0 Å². The molecule has 0 aliphatic heterocycles. The Balaban J connectivity index is 2.22. The second-order valence-electron chi connectivity index (χ2n) is 6.01. The van der Waals surface area contributed by atoms with Crippen molar-refractivity contribution in [3.8, 4) is 11.5 Å². The molecule has 0 spiro atoms.